The van der Waals surface area contributed by atoms with Gasteiger partial charge in [0.2, 0.25) is 10.0 Å². The van der Waals surface area contributed by atoms with Crippen molar-refractivity contribution in [3.8, 4) is 0 Å². The Kier molecular flexibility index (Phi) is 5.82. The molecule has 0 heterocycles. The Morgan fingerprint density at radius 3 is 2.40 bits per heavy atom. The molecule has 1 aliphatic rings. The van der Waals surface area contributed by atoms with E-state index in [0.29, 0.717) is 24.3 Å². The summed E-state index contributed by atoms with van der Waals surface area (Å²) >= 11 is 5.70. The molecule has 1 aromatic carbocycles. The predicted molar refractivity (Wildman–Crippen MR) is 77.8 cm³/mol. The average Bonchev–Trinajstić information content (AvgIpc) is 2.77. The number of benzene rings is 1. The summed E-state index contributed by atoms with van der Waals surface area (Å²) < 4.78 is 26.7. The van der Waals surface area contributed by atoms with E-state index in [1.807, 2.05) is 0 Å². The molecule has 1 fully saturated rings. The summed E-state index contributed by atoms with van der Waals surface area (Å²) in [5, 5.41) is 9.48. The van der Waals surface area contributed by atoms with E-state index >= 15 is 0 Å². The molecule has 20 heavy (non-hydrogen) atoms. The van der Waals surface area contributed by atoms with Gasteiger partial charge in [-0.05, 0) is 37.1 Å². The van der Waals surface area contributed by atoms with Crippen molar-refractivity contribution in [2.24, 2.45) is 5.92 Å². The van der Waals surface area contributed by atoms with Gasteiger partial charge in [0, 0.05) is 11.1 Å². The monoisotopic (exact) mass is 339 g/mol. The smallest absolute Gasteiger partial charge is 0.308 e. The average molecular weight is 340 g/mol. The van der Waals surface area contributed by atoms with Crippen LogP contribution in [0.3, 0.4) is 0 Å². The Morgan fingerprint density at radius 2 is 1.85 bits per heavy atom. The molecule has 112 valence electrons. The van der Waals surface area contributed by atoms with Crippen molar-refractivity contribution in [1.82, 2.24) is 4.72 Å². The second kappa shape index (κ2) is 6.76. The van der Waals surface area contributed by atoms with E-state index < -0.39 is 28.0 Å². The lowest BCUT2D eigenvalue weighted by molar-refractivity contribution is -0.141. The third-order valence-corrected chi connectivity index (χ3v) is 5.02. The van der Waals surface area contributed by atoms with Crippen molar-refractivity contribution in [1.29, 1.82) is 0 Å². The van der Waals surface area contributed by atoms with Gasteiger partial charge in [-0.1, -0.05) is 18.0 Å². The molecule has 1 aliphatic carbocycles. The molecule has 2 N–H and O–H groups in total. The highest BCUT2D eigenvalue weighted by Crippen LogP contribution is 2.27. The van der Waals surface area contributed by atoms with Crippen LogP contribution in [0, 0.1) is 5.92 Å². The summed E-state index contributed by atoms with van der Waals surface area (Å²) in [5.74, 6) is -1.61. The van der Waals surface area contributed by atoms with Gasteiger partial charge in [0.25, 0.3) is 0 Å². The van der Waals surface area contributed by atoms with Gasteiger partial charge >= 0.3 is 5.97 Å². The zero-order valence-corrected chi connectivity index (χ0v) is 12.8. The van der Waals surface area contributed by atoms with Crippen LogP contribution in [0.4, 0.5) is 0 Å². The first-order chi connectivity index (χ1) is 8.90. The highest BCUT2D eigenvalue weighted by Gasteiger charge is 2.35. The third kappa shape index (κ3) is 3.85. The lowest BCUT2D eigenvalue weighted by atomic mass is 10.1. The van der Waals surface area contributed by atoms with Crippen LogP contribution < -0.4 is 4.72 Å². The number of carbonyl (C=O) groups is 1. The first-order valence-electron chi connectivity index (χ1n) is 5.91. The van der Waals surface area contributed by atoms with E-state index in [9.17, 15) is 13.2 Å². The summed E-state index contributed by atoms with van der Waals surface area (Å²) in [5.41, 5.74) is 0. The van der Waals surface area contributed by atoms with Gasteiger partial charge in [-0.2, -0.15) is 0 Å². The number of nitrogens with one attached hydrogen (secondary N) is 1. The lowest BCUT2D eigenvalue weighted by Gasteiger charge is -2.17. The maximum absolute atomic E-state index is 12.1. The van der Waals surface area contributed by atoms with Crippen molar-refractivity contribution >= 4 is 40.0 Å². The highest BCUT2D eigenvalue weighted by molar-refractivity contribution is 7.89. The molecule has 0 bridgehead atoms. The number of carboxylic acids is 1. The minimum atomic E-state index is -3.70. The normalized spacial score (nSPS) is 22.2. The van der Waals surface area contributed by atoms with Crippen molar-refractivity contribution in [2.45, 2.75) is 30.2 Å². The summed E-state index contributed by atoms with van der Waals surface area (Å²) in [7, 11) is -3.70. The van der Waals surface area contributed by atoms with Gasteiger partial charge in [0.1, 0.15) is 0 Å². The topological polar surface area (TPSA) is 83.5 Å². The zero-order chi connectivity index (χ0) is 14.0. The number of hydrogen-bond donors (Lipinski definition) is 2. The van der Waals surface area contributed by atoms with Gasteiger partial charge in [-0.3, -0.25) is 4.79 Å². The largest absolute Gasteiger partial charge is 0.481 e. The van der Waals surface area contributed by atoms with Gasteiger partial charge in [-0.15, -0.1) is 12.4 Å². The molecule has 0 radical (unpaired) electrons. The quantitative estimate of drug-likeness (QED) is 0.881. The minimum absolute atomic E-state index is 0. The maximum Gasteiger partial charge on any atom is 0.308 e. The summed E-state index contributed by atoms with van der Waals surface area (Å²) in [6.07, 6.45) is 1.76. The van der Waals surface area contributed by atoms with E-state index in [-0.39, 0.29) is 17.3 Å². The van der Waals surface area contributed by atoms with Crippen molar-refractivity contribution in [3.05, 3.63) is 29.3 Å². The Labute approximate surface area is 128 Å². The van der Waals surface area contributed by atoms with Gasteiger partial charge in [-0.25, -0.2) is 13.1 Å². The number of aliphatic carboxylic acids is 1. The second-order valence-corrected chi connectivity index (χ2v) is 6.71. The zero-order valence-electron chi connectivity index (χ0n) is 10.5. The van der Waals surface area contributed by atoms with E-state index in [1.165, 1.54) is 24.3 Å². The van der Waals surface area contributed by atoms with Crippen molar-refractivity contribution in [3.63, 3.8) is 0 Å². The molecule has 0 aliphatic heterocycles. The Hall–Kier alpha value is -0.820. The number of halogens is 2. The predicted octanol–water partition coefficient (Wildman–Crippen LogP) is 2.29. The molecule has 0 amide bonds. The molecule has 2 rings (SSSR count). The van der Waals surface area contributed by atoms with Crippen LogP contribution in [-0.4, -0.2) is 25.5 Å². The molecule has 1 saturated carbocycles. The highest BCUT2D eigenvalue weighted by atomic mass is 35.5. The van der Waals surface area contributed by atoms with E-state index in [1.54, 1.807) is 0 Å². The molecule has 0 spiro atoms. The first kappa shape index (κ1) is 17.2. The maximum atomic E-state index is 12.1. The fourth-order valence-electron chi connectivity index (χ4n) is 2.28. The van der Waals surface area contributed by atoms with Gasteiger partial charge in [0.15, 0.2) is 0 Å². The van der Waals surface area contributed by atoms with Crippen LogP contribution in [0.15, 0.2) is 29.2 Å². The lowest BCUT2D eigenvalue weighted by Crippen LogP contribution is -2.40. The fourth-order valence-corrected chi connectivity index (χ4v) is 3.71. The molecular weight excluding hydrogens is 325 g/mol. The van der Waals surface area contributed by atoms with Gasteiger partial charge < -0.3 is 5.11 Å². The Bertz CT molecular complexity index is 574. The third-order valence-electron chi connectivity index (χ3n) is 3.26. The molecule has 5 nitrogen and oxygen atoms in total. The fraction of sp³-hybridized carbons (Fsp3) is 0.417. The summed E-state index contributed by atoms with van der Waals surface area (Å²) in [6.45, 7) is 0. The Balaban J connectivity index is 0.00000200. The first-order valence-corrected chi connectivity index (χ1v) is 7.77. The van der Waals surface area contributed by atoms with Crippen LogP contribution in [0.25, 0.3) is 0 Å². The van der Waals surface area contributed by atoms with Crippen LogP contribution >= 0.6 is 24.0 Å². The molecule has 0 saturated heterocycles. The van der Waals surface area contributed by atoms with Gasteiger partial charge in [0.05, 0.1) is 10.8 Å². The Morgan fingerprint density at radius 1 is 1.25 bits per heavy atom. The minimum Gasteiger partial charge on any atom is -0.481 e. The molecule has 1 aromatic rings. The van der Waals surface area contributed by atoms with Crippen LogP contribution in [0.5, 0.6) is 0 Å². The summed E-state index contributed by atoms with van der Waals surface area (Å²) in [4.78, 5) is 11.1. The van der Waals surface area contributed by atoms with Crippen LogP contribution in [0.2, 0.25) is 5.02 Å². The number of sulfonamides is 1. The molecular formula is C12H15Cl2NO4S. The number of hydrogen-bond acceptors (Lipinski definition) is 3. The standard InChI is InChI=1S/C12H14ClNO4S.ClH/c13-8-4-6-9(7-5-8)19(17,18)14-11-3-1-2-10(11)12(15)16;/h4-7,10-11,14H,1-3H2,(H,15,16);1H. The van der Waals surface area contributed by atoms with E-state index in [0.717, 1.165) is 0 Å². The molecule has 2 unspecified atom stereocenters. The van der Waals surface area contributed by atoms with Crippen LogP contribution in [0.1, 0.15) is 19.3 Å². The molecule has 8 heteroatoms. The van der Waals surface area contributed by atoms with Crippen molar-refractivity contribution < 1.29 is 18.3 Å². The molecule has 2 atom stereocenters. The SMILES string of the molecule is Cl.O=C(O)C1CCCC1NS(=O)(=O)c1ccc(Cl)cc1. The summed E-state index contributed by atoms with van der Waals surface area (Å²) in [6, 6.07) is 5.22. The second-order valence-electron chi connectivity index (χ2n) is 4.56. The number of carboxylic acid groups (broad SMARTS) is 1. The molecule has 0 aromatic heterocycles. The van der Waals surface area contributed by atoms with E-state index in [4.69, 9.17) is 16.7 Å². The number of rotatable bonds is 4. The van der Waals surface area contributed by atoms with E-state index in [2.05, 4.69) is 4.72 Å². The van der Waals surface area contributed by atoms with Crippen LogP contribution in [-0.2, 0) is 14.8 Å². The van der Waals surface area contributed by atoms with Crippen molar-refractivity contribution in [2.75, 3.05) is 0 Å².